The monoisotopic (exact) mass is 535 g/mol. The summed E-state index contributed by atoms with van der Waals surface area (Å²) >= 11 is 0. The first kappa shape index (κ1) is 29.9. The smallest absolute Gasteiger partial charge is 0.293 e. The van der Waals surface area contributed by atoms with Crippen molar-refractivity contribution in [2.75, 3.05) is 31.9 Å². The molecule has 2 heterocycles. The van der Waals surface area contributed by atoms with Crippen LogP contribution < -0.4 is 14.4 Å². The maximum absolute atomic E-state index is 9.60. The molecule has 0 unspecified atom stereocenters. The molecule has 0 amide bonds. The second kappa shape index (κ2) is 15.1. The van der Waals surface area contributed by atoms with Crippen molar-refractivity contribution in [2.45, 2.75) is 59.2 Å². The van der Waals surface area contributed by atoms with Gasteiger partial charge in [0.15, 0.2) is 12.5 Å². The largest absolute Gasteiger partial charge is 0.485 e. The number of anilines is 1. The second-order valence-electron chi connectivity index (χ2n) is 10.5. The summed E-state index contributed by atoms with van der Waals surface area (Å²) in [5.41, 5.74) is 2.96. The molecule has 0 bridgehead atoms. The van der Waals surface area contributed by atoms with E-state index in [2.05, 4.69) is 38.9 Å². The number of methoxy groups -OCH3 is 1. The van der Waals surface area contributed by atoms with Crippen molar-refractivity contribution in [1.29, 1.82) is 0 Å². The molecule has 3 aromatic rings. The van der Waals surface area contributed by atoms with Gasteiger partial charge in [-0.05, 0) is 76.3 Å². The van der Waals surface area contributed by atoms with E-state index >= 15 is 0 Å². The Hall–Kier alpha value is -3.65. The quantitative estimate of drug-likeness (QED) is 0.239. The molecular formula is C31H41N3O5. The topological polar surface area (TPSA) is 83.0 Å². The minimum Gasteiger partial charge on any atom is -0.485 e. The van der Waals surface area contributed by atoms with E-state index in [0.29, 0.717) is 19.0 Å². The summed E-state index contributed by atoms with van der Waals surface area (Å²) in [7, 11) is 1.62. The van der Waals surface area contributed by atoms with Crippen LogP contribution in [-0.2, 0) is 27.3 Å². The molecule has 1 aliphatic heterocycles. The van der Waals surface area contributed by atoms with Crippen molar-refractivity contribution < 1.29 is 23.7 Å². The zero-order chi connectivity index (χ0) is 28.1. The van der Waals surface area contributed by atoms with Gasteiger partial charge in [-0.25, -0.2) is 9.97 Å². The Balaban J connectivity index is 0.000000532. The first-order valence-corrected chi connectivity index (χ1v) is 13.3. The van der Waals surface area contributed by atoms with E-state index in [1.165, 1.54) is 5.69 Å². The summed E-state index contributed by atoms with van der Waals surface area (Å²) in [6.07, 6.45) is 5.01. The Labute approximate surface area is 232 Å². The average molecular weight is 536 g/mol. The molecule has 0 spiro atoms. The van der Waals surface area contributed by atoms with E-state index in [-0.39, 0.29) is 12.4 Å². The molecule has 0 aliphatic carbocycles. The lowest BCUT2D eigenvalue weighted by Gasteiger charge is -2.33. The van der Waals surface area contributed by atoms with Crippen molar-refractivity contribution in [2.24, 2.45) is 5.92 Å². The SMILES string of the molecule is CC(C)(C)OC=O.COCOc1ccc(N2CCC(Cc3ncc(OCc4ccccc4)c(C)n3)CC2)cc1. The van der Waals surface area contributed by atoms with Gasteiger partial charge in [0.05, 0.1) is 11.9 Å². The maximum Gasteiger partial charge on any atom is 0.293 e. The summed E-state index contributed by atoms with van der Waals surface area (Å²) in [6.45, 7) is 10.8. The van der Waals surface area contributed by atoms with E-state index in [9.17, 15) is 4.79 Å². The molecule has 39 heavy (non-hydrogen) atoms. The van der Waals surface area contributed by atoms with Gasteiger partial charge in [0, 0.05) is 32.3 Å². The van der Waals surface area contributed by atoms with Crippen LogP contribution in [0.5, 0.6) is 11.5 Å². The van der Waals surface area contributed by atoms with Crippen LogP contribution in [0.15, 0.2) is 60.8 Å². The van der Waals surface area contributed by atoms with Crippen molar-refractivity contribution in [3.05, 3.63) is 77.9 Å². The van der Waals surface area contributed by atoms with Crippen molar-refractivity contribution >= 4 is 12.2 Å². The zero-order valence-corrected chi connectivity index (χ0v) is 23.8. The number of aromatic nitrogens is 2. The maximum atomic E-state index is 9.60. The van der Waals surface area contributed by atoms with Gasteiger partial charge in [-0.15, -0.1) is 0 Å². The predicted molar refractivity (Wildman–Crippen MR) is 152 cm³/mol. The van der Waals surface area contributed by atoms with Gasteiger partial charge < -0.3 is 23.8 Å². The van der Waals surface area contributed by atoms with E-state index in [1.54, 1.807) is 7.11 Å². The Morgan fingerprint density at radius 3 is 2.26 bits per heavy atom. The van der Waals surface area contributed by atoms with Gasteiger partial charge in [-0.3, -0.25) is 4.79 Å². The van der Waals surface area contributed by atoms with Gasteiger partial charge in [0.25, 0.3) is 6.47 Å². The average Bonchev–Trinajstić information content (AvgIpc) is 2.92. The normalized spacial score (nSPS) is 13.7. The molecule has 8 nitrogen and oxygen atoms in total. The molecule has 4 rings (SSSR count). The number of ether oxygens (including phenoxy) is 4. The van der Waals surface area contributed by atoms with E-state index < -0.39 is 0 Å². The zero-order valence-electron chi connectivity index (χ0n) is 23.8. The van der Waals surface area contributed by atoms with E-state index in [1.807, 2.05) is 64.2 Å². The van der Waals surface area contributed by atoms with Crippen molar-refractivity contribution in [3.63, 3.8) is 0 Å². The summed E-state index contributed by atoms with van der Waals surface area (Å²) in [5, 5.41) is 0. The Morgan fingerprint density at radius 2 is 1.69 bits per heavy atom. The lowest BCUT2D eigenvalue weighted by atomic mass is 9.93. The van der Waals surface area contributed by atoms with Crippen molar-refractivity contribution in [3.8, 4) is 11.5 Å². The predicted octanol–water partition coefficient (Wildman–Crippen LogP) is 5.76. The highest BCUT2D eigenvalue weighted by Crippen LogP contribution is 2.27. The number of carbonyl (C=O) groups excluding carboxylic acids is 1. The molecule has 0 radical (unpaired) electrons. The number of carbonyl (C=O) groups is 1. The Bertz CT molecular complexity index is 1130. The van der Waals surface area contributed by atoms with Gasteiger partial charge in [0.2, 0.25) is 0 Å². The summed E-state index contributed by atoms with van der Waals surface area (Å²) < 4.78 is 20.9. The number of hydrogen-bond donors (Lipinski definition) is 0. The third kappa shape index (κ3) is 10.6. The van der Waals surface area contributed by atoms with Crippen LogP contribution in [0.4, 0.5) is 5.69 Å². The second-order valence-corrected chi connectivity index (χ2v) is 10.5. The van der Waals surface area contributed by atoms with E-state index in [0.717, 1.165) is 60.9 Å². The number of piperidine rings is 1. The number of benzene rings is 2. The van der Waals surface area contributed by atoms with Crippen LogP contribution in [-0.4, -0.2) is 49.0 Å². The van der Waals surface area contributed by atoms with Crippen LogP contribution in [0.1, 0.15) is 50.7 Å². The molecule has 1 fully saturated rings. The van der Waals surface area contributed by atoms with Crippen LogP contribution in [0, 0.1) is 12.8 Å². The van der Waals surface area contributed by atoms with Gasteiger partial charge >= 0.3 is 0 Å². The molecular weight excluding hydrogens is 494 g/mol. The molecule has 0 N–H and O–H groups in total. The fraction of sp³-hybridized carbons (Fsp3) is 0.452. The molecule has 2 aromatic carbocycles. The molecule has 210 valence electrons. The van der Waals surface area contributed by atoms with Crippen LogP contribution in [0.2, 0.25) is 0 Å². The third-order valence-corrected chi connectivity index (χ3v) is 6.25. The summed E-state index contributed by atoms with van der Waals surface area (Å²) in [6, 6.07) is 18.4. The fourth-order valence-electron chi connectivity index (χ4n) is 4.16. The van der Waals surface area contributed by atoms with Gasteiger partial charge in [-0.1, -0.05) is 30.3 Å². The van der Waals surface area contributed by atoms with Crippen LogP contribution >= 0.6 is 0 Å². The molecule has 0 atom stereocenters. The highest BCUT2D eigenvalue weighted by molar-refractivity contribution is 5.49. The fourth-order valence-corrected chi connectivity index (χ4v) is 4.16. The van der Waals surface area contributed by atoms with Crippen LogP contribution in [0.25, 0.3) is 0 Å². The minimum absolute atomic E-state index is 0.270. The Kier molecular flexibility index (Phi) is 11.6. The molecule has 1 aromatic heterocycles. The molecule has 8 heteroatoms. The Morgan fingerprint density at radius 1 is 1.00 bits per heavy atom. The number of rotatable bonds is 10. The highest BCUT2D eigenvalue weighted by atomic mass is 16.7. The lowest BCUT2D eigenvalue weighted by Crippen LogP contribution is -2.34. The van der Waals surface area contributed by atoms with Gasteiger partial charge in [0.1, 0.15) is 23.8 Å². The molecule has 0 saturated carbocycles. The number of nitrogens with zero attached hydrogens (tertiary/aromatic N) is 3. The van der Waals surface area contributed by atoms with Crippen molar-refractivity contribution in [1.82, 2.24) is 9.97 Å². The standard InChI is InChI=1S/C26H31N3O3.C5H10O2/c1-20-25(31-18-22-6-4-3-5-7-22)17-27-26(28-20)16-21-12-14-29(15-13-21)23-8-10-24(11-9-23)32-19-30-2;1-5(2,3)7-4-6/h3-11,17,21H,12-16,18-19H2,1-2H3;4H,1-3H3. The first-order chi connectivity index (χ1) is 18.8. The van der Waals surface area contributed by atoms with Gasteiger partial charge in [-0.2, -0.15) is 0 Å². The third-order valence-electron chi connectivity index (χ3n) is 6.25. The minimum atomic E-state index is -0.318. The molecule has 1 aliphatic rings. The number of hydrogen-bond acceptors (Lipinski definition) is 8. The summed E-state index contributed by atoms with van der Waals surface area (Å²) in [4.78, 5) is 21.3. The first-order valence-electron chi connectivity index (χ1n) is 13.3. The number of aryl methyl sites for hydroxylation is 1. The summed E-state index contributed by atoms with van der Waals surface area (Å²) in [5.74, 6) is 3.10. The highest BCUT2D eigenvalue weighted by Gasteiger charge is 2.21. The molecule has 1 saturated heterocycles. The van der Waals surface area contributed by atoms with E-state index in [4.69, 9.17) is 19.2 Å². The lowest BCUT2D eigenvalue weighted by molar-refractivity contribution is -0.138. The van der Waals surface area contributed by atoms with Crippen LogP contribution in [0.3, 0.4) is 0 Å².